The molecule has 0 aliphatic carbocycles. The van der Waals surface area contributed by atoms with Crippen LogP contribution in [0.3, 0.4) is 0 Å². The maximum absolute atomic E-state index is 11.9. The van der Waals surface area contributed by atoms with Crippen LogP contribution in [0.25, 0.3) is 0 Å². The molecule has 0 aromatic rings. The SMILES string of the molecule is C=C[C@](C)(O)C(=O)N1CC[C@@H](COCC)C1. The fourth-order valence-corrected chi connectivity index (χ4v) is 1.85. The molecule has 1 aliphatic heterocycles. The van der Waals surface area contributed by atoms with Crippen LogP contribution in [-0.4, -0.2) is 47.8 Å². The minimum Gasteiger partial charge on any atom is -0.381 e. The summed E-state index contributed by atoms with van der Waals surface area (Å²) in [6, 6.07) is 0. The van der Waals surface area contributed by atoms with Crippen molar-refractivity contribution in [3.63, 3.8) is 0 Å². The summed E-state index contributed by atoms with van der Waals surface area (Å²) in [5, 5.41) is 9.77. The van der Waals surface area contributed by atoms with Gasteiger partial charge in [0.2, 0.25) is 0 Å². The highest BCUT2D eigenvalue weighted by atomic mass is 16.5. The Morgan fingerprint density at radius 3 is 3.00 bits per heavy atom. The molecule has 4 heteroatoms. The molecule has 0 spiro atoms. The number of carbonyl (C=O) groups is 1. The standard InChI is InChI=1S/C12H21NO3/c1-4-12(3,15)11(14)13-7-6-10(8-13)9-16-5-2/h4,10,15H,1,5-9H2,2-3H3/t10-,12+/m1/s1. The van der Waals surface area contributed by atoms with Gasteiger partial charge in [0.1, 0.15) is 0 Å². The van der Waals surface area contributed by atoms with E-state index < -0.39 is 5.60 Å². The Labute approximate surface area is 96.9 Å². The van der Waals surface area contributed by atoms with Gasteiger partial charge in [-0.1, -0.05) is 12.7 Å². The van der Waals surface area contributed by atoms with Gasteiger partial charge in [-0.25, -0.2) is 0 Å². The molecular formula is C12H21NO3. The zero-order valence-electron chi connectivity index (χ0n) is 10.1. The van der Waals surface area contributed by atoms with Crippen LogP contribution in [0.1, 0.15) is 20.3 Å². The average Bonchev–Trinajstić information content (AvgIpc) is 2.73. The Morgan fingerprint density at radius 1 is 1.75 bits per heavy atom. The molecule has 1 fully saturated rings. The third-order valence-corrected chi connectivity index (χ3v) is 2.96. The minimum atomic E-state index is -1.44. The predicted octanol–water partition coefficient (Wildman–Crippen LogP) is 0.808. The second-order valence-corrected chi connectivity index (χ2v) is 4.42. The number of likely N-dealkylation sites (tertiary alicyclic amines) is 1. The highest BCUT2D eigenvalue weighted by molar-refractivity contribution is 5.86. The van der Waals surface area contributed by atoms with Gasteiger partial charge in [-0.15, -0.1) is 0 Å². The molecule has 1 N–H and O–H groups in total. The fraction of sp³-hybridized carbons (Fsp3) is 0.750. The molecule has 1 rings (SSSR count). The summed E-state index contributed by atoms with van der Waals surface area (Å²) in [7, 11) is 0. The lowest BCUT2D eigenvalue weighted by Crippen LogP contribution is -2.44. The number of rotatable bonds is 5. The molecule has 1 saturated heterocycles. The van der Waals surface area contributed by atoms with Crippen LogP contribution in [0.15, 0.2) is 12.7 Å². The summed E-state index contributed by atoms with van der Waals surface area (Å²) >= 11 is 0. The van der Waals surface area contributed by atoms with Crippen molar-refractivity contribution >= 4 is 5.91 Å². The van der Waals surface area contributed by atoms with E-state index in [0.29, 0.717) is 32.2 Å². The normalized spacial score (nSPS) is 24.2. The lowest BCUT2D eigenvalue weighted by molar-refractivity contribution is -0.144. The second kappa shape index (κ2) is 5.46. The van der Waals surface area contributed by atoms with Gasteiger partial charge in [-0.3, -0.25) is 4.79 Å². The molecule has 0 unspecified atom stereocenters. The zero-order valence-corrected chi connectivity index (χ0v) is 10.1. The molecular weight excluding hydrogens is 206 g/mol. The van der Waals surface area contributed by atoms with Crippen LogP contribution in [0, 0.1) is 5.92 Å². The Hall–Kier alpha value is -0.870. The van der Waals surface area contributed by atoms with Crippen LogP contribution in [0.4, 0.5) is 0 Å². The van der Waals surface area contributed by atoms with Gasteiger partial charge in [0.25, 0.3) is 5.91 Å². The first kappa shape index (κ1) is 13.2. The molecule has 16 heavy (non-hydrogen) atoms. The summed E-state index contributed by atoms with van der Waals surface area (Å²) in [5.41, 5.74) is -1.44. The number of carbonyl (C=O) groups excluding carboxylic acids is 1. The van der Waals surface area contributed by atoms with Gasteiger partial charge in [-0.2, -0.15) is 0 Å². The quantitative estimate of drug-likeness (QED) is 0.707. The molecule has 1 amide bonds. The number of aliphatic hydroxyl groups is 1. The van der Waals surface area contributed by atoms with E-state index in [9.17, 15) is 9.90 Å². The second-order valence-electron chi connectivity index (χ2n) is 4.42. The van der Waals surface area contributed by atoms with E-state index in [0.717, 1.165) is 6.42 Å². The molecule has 1 heterocycles. The molecule has 0 radical (unpaired) electrons. The maximum Gasteiger partial charge on any atom is 0.258 e. The van der Waals surface area contributed by atoms with Crippen LogP contribution >= 0.6 is 0 Å². The Balaban J connectivity index is 2.47. The summed E-state index contributed by atoms with van der Waals surface area (Å²) in [4.78, 5) is 13.6. The van der Waals surface area contributed by atoms with Crippen LogP contribution in [-0.2, 0) is 9.53 Å². The molecule has 0 aromatic heterocycles. The van der Waals surface area contributed by atoms with Crippen molar-refractivity contribution in [2.24, 2.45) is 5.92 Å². The smallest absolute Gasteiger partial charge is 0.258 e. The van der Waals surface area contributed by atoms with E-state index in [2.05, 4.69) is 6.58 Å². The summed E-state index contributed by atoms with van der Waals surface area (Å²) < 4.78 is 5.34. The van der Waals surface area contributed by atoms with E-state index >= 15 is 0 Å². The summed E-state index contributed by atoms with van der Waals surface area (Å²) in [6.45, 7) is 9.66. The molecule has 0 saturated carbocycles. The Kier molecular flexibility index (Phi) is 4.50. The lowest BCUT2D eigenvalue weighted by atomic mass is 10.1. The number of hydrogen-bond donors (Lipinski definition) is 1. The van der Waals surface area contributed by atoms with E-state index in [1.807, 2.05) is 6.92 Å². The summed E-state index contributed by atoms with van der Waals surface area (Å²) in [5.74, 6) is 0.131. The van der Waals surface area contributed by atoms with Gasteiger partial charge in [0.15, 0.2) is 5.60 Å². The Morgan fingerprint density at radius 2 is 2.44 bits per heavy atom. The maximum atomic E-state index is 11.9. The average molecular weight is 227 g/mol. The van der Waals surface area contributed by atoms with E-state index in [-0.39, 0.29) is 5.91 Å². The molecule has 1 aliphatic rings. The highest BCUT2D eigenvalue weighted by Gasteiger charge is 2.35. The van der Waals surface area contributed by atoms with Gasteiger partial charge in [0, 0.05) is 25.6 Å². The van der Waals surface area contributed by atoms with Crippen molar-refractivity contribution in [1.82, 2.24) is 4.90 Å². The van der Waals surface area contributed by atoms with Gasteiger partial charge in [-0.05, 0) is 20.3 Å². The third-order valence-electron chi connectivity index (χ3n) is 2.96. The van der Waals surface area contributed by atoms with Crippen molar-refractivity contribution in [2.75, 3.05) is 26.3 Å². The highest BCUT2D eigenvalue weighted by Crippen LogP contribution is 2.20. The van der Waals surface area contributed by atoms with Crippen molar-refractivity contribution in [1.29, 1.82) is 0 Å². The third kappa shape index (κ3) is 3.06. The van der Waals surface area contributed by atoms with Crippen LogP contribution in [0.2, 0.25) is 0 Å². The number of amides is 1. The van der Waals surface area contributed by atoms with E-state index in [4.69, 9.17) is 4.74 Å². The lowest BCUT2D eigenvalue weighted by Gasteiger charge is -2.25. The van der Waals surface area contributed by atoms with E-state index in [1.54, 1.807) is 4.90 Å². The largest absolute Gasteiger partial charge is 0.381 e. The van der Waals surface area contributed by atoms with Crippen molar-refractivity contribution in [3.05, 3.63) is 12.7 Å². The number of ether oxygens (including phenoxy) is 1. The van der Waals surface area contributed by atoms with Gasteiger partial charge < -0.3 is 14.7 Å². The molecule has 4 nitrogen and oxygen atoms in total. The van der Waals surface area contributed by atoms with Gasteiger partial charge >= 0.3 is 0 Å². The van der Waals surface area contributed by atoms with Crippen LogP contribution < -0.4 is 0 Å². The summed E-state index contributed by atoms with van der Waals surface area (Å²) in [6.07, 6.45) is 2.23. The predicted molar refractivity (Wildman–Crippen MR) is 62.0 cm³/mol. The first-order chi connectivity index (χ1) is 7.51. The number of nitrogens with zero attached hydrogens (tertiary/aromatic N) is 1. The molecule has 0 aromatic carbocycles. The first-order valence-corrected chi connectivity index (χ1v) is 5.74. The fourth-order valence-electron chi connectivity index (χ4n) is 1.85. The molecule has 92 valence electrons. The molecule has 2 atom stereocenters. The van der Waals surface area contributed by atoms with Crippen LogP contribution in [0.5, 0.6) is 0 Å². The topological polar surface area (TPSA) is 49.8 Å². The minimum absolute atomic E-state index is 0.263. The Bertz CT molecular complexity index is 263. The molecule has 0 bridgehead atoms. The monoisotopic (exact) mass is 227 g/mol. The van der Waals surface area contributed by atoms with E-state index in [1.165, 1.54) is 13.0 Å². The number of hydrogen-bond acceptors (Lipinski definition) is 3. The van der Waals surface area contributed by atoms with Gasteiger partial charge in [0.05, 0.1) is 6.61 Å². The van der Waals surface area contributed by atoms with Crippen molar-refractivity contribution < 1.29 is 14.6 Å². The van der Waals surface area contributed by atoms with Crippen molar-refractivity contribution in [3.8, 4) is 0 Å². The van der Waals surface area contributed by atoms with Crippen molar-refractivity contribution in [2.45, 2.75) is 25.9 Å². The first-order valence-electron chi connectivity index (χ1n) is 5.74. The zero-order chi connectivity index (χ0) is 12.2.